The van der Waals surface area contributed by atoms with Crippen molar-refractivity contribution in [3.05, 3.63) is 21.9 Å². The number of rotatable bonds is 6. The predicted molar refractivity (Wildman–Crippen MR) is 86.6 cm³/mol. The fourth-order valence-corrected chi connectivity index (χ4v) is 4.09. The first-order chi connectivity index (χ1) is 10.3. The first kappa shape index (κ1) is 15.0. The number of hydrogen-bond donors (Lipinski definition) is 1. The van der Waals surface area contributed by atoms with Crippen molar-refractivity contribution in [3.8, 4) is 0 Å². The molecule has 0 atom stereocenters. The number of amides is 1. The van der Waals surface area contributed by atoms with Crippen LogP contribution in [-0.4, -0.2) is 55.0 Å². The number of fused-ring (bicyclic) bond motifs is 1. The third-order valence-electron chi connectivity index (χ3n) is 4.46. The number of carbonyl (C=O) groups excluding carboxylic acids is 1. The van der Waals surface area contributed by atoms with Crippen molar-refractivity contribution in [2.24, 2.45) is 0 Å². The van der Waals surface area contributed by atoms with Crippen molar-refractivity contribution in [3.63, 3.8) is 0 Å². The fourth-order valence-electron chi connectivity index (χ4n) is 3.20. The van der Waals surface area contributed by atoms with E-state index in [1.807, 2.05) is 16.2 Å². The van der Waals surface area contributed by atoms with Gasteiger partial charge in [-0.3, -0.25) is 4.79 Å². The SMILES string of the molecule is O=C(CNCCCN1CCCC1)N1CCc2sccc2C1. The average Bonchev–Trinajstić information content (AvgIpc) is 3.17. The standard InChI is InChI=1S/C16H25N3OS/c20-16(12-17-6-3-9-18-7-1-2-8-18)19-10-4-15-14(13-19)5-11-21-15/h5,11,17H,1-4,6-10,12-13H2. The quantitative estimate of drug-likeness (QED) is 0.813. The largest absolute Gasteiger partial charge is 0.337 e. The Kier molecular flexibility index (Phi) is 5.27. The molecule has 21 heavy (non-hydrogen) atoms. The summed E-state index contributed by atoms with van der Waals surface area (Å²) in [6.07, 6.45) is 4.87. The van der Waals surface area contributed by atoms with Gasteiger partial charge >= 0.3 is 0 Å². The molecule has 3 heterocycles. The van der Waals surface area contributed by atoms with Crippen LogP contribution in [-0.2, 0) is 17.8 Å². The molecule has 2 aliphatic rings. The molecule has 1 fully saturated rings. The number of nitrogens with one attached hydrogen (secondary N) is 1. The van der Waals surface area contributed by atoms with E-state index in [2.05, 4.69) is 21.7 Å². The summed E-state index contributed by atoms with van der Waals surface area (Å²) in [6, 6.07) is 2.16. The zero-order chi connectivity index (χ0) is 14.5. The van der Waals surface area contributed by atoms with E-state index in [-0.39, 0.29) is 5.91 Å². The van der Waals surface area contributed by atoms with Crippen LogP contribution in [0.3, 0.4) is 0 Å². The molecule has 0 saturated carbocycles. The van der Waals surface area contributed by atoms with Crippen molar-refractivity contribution < 1.29 is 4.79 Å². The maximum Gasteiger partial charge on any atom is 0.236 e. The molecule has 0 radical (unpaired) electrons. The summed E-state index contributed by atoms with van der Waals surface area (Å²) in [5, 5.41) is 5.44. The molecule has 0 bridgehead atoms. The Hall–Kier alpha value is -0.910. The van der Waals surface area contributed by atoms with E-state index in [0.29, 0.717) is 6.54 Å². The molecule has 0 spiro atoms. The minimum Gasteiger partial charge on any atom is -0.337 e. The van der Waals surface area contributed by atoms with Crippen LogP contribution in [0.15, 0.2) is 11.4 Å². The molecule has 0 aromatic carbocycles. The predicted octanol–water partition coefficient (Wildman–Crippen LogP) is 1.71. The van der Waals surface area contributed by atoms with E-state index in [1.54, 1.807) is 0 Å². The summed E-state index contributed by atoms with van der Waals surface area (Å²) in [4.78, 5) is 18.2. The van der Waals surface area contributed by atoms with E-state index in [9.17, 15) is 4.79 Å². The van der Waals surface area contributed by atoms with Crippen LogP contribution >= 0.6 is 11.3 Å². The fraction of sp³-hybridized carbons (Fsp3) is 0.688. The molecule has 5 heteroatoms. The van der Waals surface area contributed by atoms with Gasteiger partial charge in [0.15, 0.2) is 0 Å². The van der Waals surface area contributed by atoms with Crippen molar-refractivity contribution in [1.82, 2.24) is 15.1 Å². The Balaban J connectivity index is 1.31. The average molecular weight is 307 g/mol. The van der Waals surface area contributed by atoms with Gasteiger partial charge < -0.3 is 15.1 Å². The second-order valence-electron chi connectivity index (χ2n) is 6.01. The van der Waals surface area contributed by atoms with Crippen LogP contribution in [0.4, 0.5) is 0 Å². The summed E-state index contributed by atoms with van der Waals surface area (Å²) in [5.41, 5.74) is 1.34. The van der Waals surface area contributed by atoms with Crippen LogP contribution < -0.4 is 5.32 Å². The lowest BCUT2D eigenvalue weighted by Crippen LogP contribution is -2.41. The van der Waals surface area contributed by atoms with Crippen LogP contribution in [0.2, 0.25) is 0 Å². The highest BCUT2D eigenvalue weighted by Gasteiger charge is 2.20. The number of likely N-dealkylation sites (tertiary alicyclic amines) is 1. The number of carbonyl (C=O) groups is 1. The Morgan fingerprint density at radius 3 is 3.00 bits per heavy atom. The normalized spacial score (nSPS) is 19.0. The first-order valence-electron chi connectivity index (χ1n) is 8.09. The number of thiophene rings is 1. The first-order valence-corrected chi connectivity index (χ1v) is 8.97. The molecule has 1 aromatic heterocycles. The number of nitrogens with zero attached hydrogens (tertiary/aromatic N) is 2. The van der Waals surface area contributed by atoms with Gasteiger partial charge in [0, 0.05) is 18.0 Å². The molecule has 0 aliphatic carbocycles. The van der Waals surface area contributed by atoms with Crippen LogP contribution in [0.25, 0.3) is 0 Å². The molecule has 116 valence electrons. The van der Waals surface area contributed by atoms with Crippen LogP contribution in [0, 0.1) is 0 Å². The maximum atomic E-state index is 12.2. The third kappa shape index (κ3) is 4.05. The second-order valence-corrected chi connectivity index (χ2v) is 7.01. The summed E-state index contributed by atoms with van der Waals surface area (Å²) in [6.45, 7) is 6.79. The van der Waals surface area contributed by atoms with E-state index in [0.717, 1.165) is 32.5 Å². The van der Waals surface area contributed by atoms with Gasteiger partial charge in [0.05, 0.1) is 6.54 Å². The minimum atomic E-state index is 0.244. The van der Waals surface area contributed by atoms with Gasteiger partial charge in [-0.05, 0) is 68.9 Å². The monoisotopic (exact) mass is 307 g/mol. The van der Waals surface area contributed by atoms with Gasteiger partial charge in [-0.15, -0.1) is 11.3 Å². The molecular formula is C16H25N3OS. The topological polar surface area (TPSA) is 35.6 Å². The number of hydrogen-bond acceptors (Lipinski definition) is 4. The van der Waals surface area contributed by atoms with Crippen molar-refractivity contribution in [2.45, 2.75) is 32.2 Å². The Labute approximate surface area is 131 Å². The van der Waals surface area contributed by atoms with Crippen molar-refractivity contribution in [2.75, 3.05) is 39.3 Å². The van der Waals surface area contributed by atoms with Crippen molar-refractivity contribution in [1.29, 1.82) is 0 Å². The van der Waals surface area contributed by atoms with Gasteiger partial charge in [0.25, 0.3) is 0 Å². The van der Waals surface area contributed by atoms with Crippen molar-refractivity contribution >= 4 is 17.2 Å². The minimum absolute atomic E-state index is 0.244. The van der Waals surface area contributed by atoms with E-state index in [1.165, 1.54) is 42.9 Å². The van der Waals surface area contributed by atoms with Gasteiger partial charge in [-0.1, -0.05) is 0 Å². The Bertz CT molecular complexity index is 468. The lowest BCUT2D eigenvalue weighted by molar-refractivity contribution is -0.131. The highest BCUT2D eigenvalue weighted by atomic mass is 32.1. The van der Waals surface area contributed by atoms with E-state index >= 15 is 0 Å². The molecule has 1 N–H and O–H groups in total. The van der Waals surface area contributed by atoms with Gasteiger partial charge in [0.1, 0.15) is 0 Å². The molecular weight excluding hydrogens is 282 g/mol. The van der Waals surface area contributed by atoms with Gasteiger partial charge in [-0.25, -0.2) is 0 Å². The zero-order valence-corrected chi connectivity index (χ0v) is 13.5. The third-order valence-corrected chi connectivity index (χ3v) is 5.49. The summed E-state index contributed by atoms with van der Waals surface area (Å²) in [5.74, 6) is 0.244. The molecule has 2 aliphatic heterocycles. The lowest BCUT2D eigenvalue weighted by atomic mass is 10.1. The molecule has 4 nitrogen and oxygen atoms in total. The van der Waals surface area contributed by atoms with Gasteiger partial charge in [-0.2, -0.15) is 0 Å². The lowest BCUT2D eigenvalue weighted by Gasteiger charge is -2.27. The smallest absolute Gasteiger partial charge is 0.236 e. The molecule has 0 unspecified atom stereocenters. The summed E-state index contributed by atoms with van der Waals surface area (Å²) < 4.78 is 0. The Morgan fingerprint density at radius 1 is 1.29 bits per heavy atom. The summed E-state index contributed by atoms with van der Waals surface area (Å²) in [7, 11) is 0. The summed E-state index contributed by atoms with van der Waals surface area (Å²) >= 11 is 1.82. The molecule has 1 aromatic rings. The molecule has 1 saturated heterocycles. The highest BCUT2D eigenvalue weighted by Crippen LogP contribution is 2.23. The Morgan fingerprint density at radius 2 is 2.14 bits per heavy atom. The second kappa shape index (κ2) is 7.38. The van der Waals surface area contributed by atoms with E-state index < -0.39 is 0 Å². The van der Waals surface area contributed by atoms with Gasteiger partial charge in [0.2, 0.25) is 5.91 Å². The van der Waals surface area contributed by atoms with E-state index in [4.69, 9.17) is 0 Å². The highest BCUT2D eigenvalue weighted by molar-refractivity contribution is 7.10. The zero-order valence-electron chi connectivity index (χ0n) is 12.6. The van der Waals surface area contributed by atoms with Crippen LogP contribution in [0.1, 0.15) is 29.7 Å². The molecule has 3 rings (SSSR count). The molecule has 1 amide bonds. The maximum absolute atomic E-state index is 12.2. The van der Waals surface area contributed by atoms with Crippen LogP contribution in [0.5, 0.6) is 0 Å².